The molecule has 0 bridgehead atoms. The van der Waals surface area contributed by atoms with Gasteiger partial charge in [-0.15, -0.1) is 0 Å². The maximum absolute atomic E-state index is 12.7. The molecule has 1 saturated carbocycles. The smallest absolute Gasteiger partial charge is 0.329 e. The molecule has 1 heterocycles. The molecular formula is C13H21F3N2O. The van der Waals surface area contributed by atoms with E-state index in [1.165, 1.54) is 0 Å². The monoisotopic (exact) mass is 278 g/mol. The van der Waals surface area contributed by atoms with Crippen molar-refractivity contribution in [1.82, 2.24) is 10.2 Å². The third-order valence-electron chi connectivity index (χ3n) is 4.23. The number of carbonyl (C=O) groups excluding carboxylic acids is 1. The quantitative estimate of drug-likeness (QED) is 0.855. The van der Waals surface area contributed by atoms with Gasteiger partial charge >= 0.3 is 6.18 Å². The Hall–Kier alpha value is -0.780. The first kappa shape index (κ1) is 14.6. The Balaban J connectivity index is 2.09. The first-order valence-electron chi connectivity index (χ1n) is 6.90. The minimum Gasteiger partial charge on any atom is -0.329 e. The van der Waals surface area contributed by atoms with Crippen molar-refractivity contribution in [3.05, 3.63) is 0 Å². The van der Waals surface area contributed by atoms with E-state index in [4.69, 9.17) is 0 Å². The number of hydrogen-bond donors (Lipinski definition) is 1. The van der Waals surface area contributed by atoms with E-state index in [9.17, 15) is 18.0 Å². The number of nitrogens with one attached hydrogen (secondary N) is 1. The van der Waals surface area contributed by atoms with E-state index in [2.05, 4.69) is 5.32 Å². The highest BCUT2D eigenvalue weighted by atomic mass is 19.4. The predicted octanol–water partition coefficient (Wildman–Crippen LogP) is 2.17. The zero-order valence-corrected chi connectivity index (χ0v) is 11.3. The fourth-order valence-corrected chi connectivity index (χ4v) is 2.79. The molecule has 3 atom stereocenters. The third-order valence-corrected chi connectivity index (χ3v) is 4.23. The molecule has 1 amide bonds. The number of nitrogens with zero attached hydrogens (tertiary/aromatic N) is 1. The Bertz CT molecular complexity index is 341. The van der Waals surface area contributed by atoms with Crippen LogP contribution in [0.15, 0.2) is 0 Å². The van der Waals surface area contributed by atoms with Crippen LogP contribution in [0, 0.1) is 11.8 Å². The summed E-state index contributed by atoms with van der Waals surface area (Å²) in [6, 6.07) is -0.771. The van der Waals surface area contributed by atoms with Crippen molar-refractivity contribution in [3.63, 3.8) is 0 Å². The maximum Gasteiger partial charge on any atom is 0.406 e. The van der Waals surface area contributed by atoms with Crippen LogP contribution in [0.1, 0.15) is 33.1 Å². The van der Waals surface area contributed by atoms with Gasteiger partial charge in [0.15, 0.2) is 0 Å². The molecule has 3 nitrogen and oxygen atoms in total. The highest BCUT2D eigenvalue weighted by Gasteiger charge is 2.43. The number of alkyl halides is 3. The number of amides is 1. The van der Waals surface area contributed by atoms with E-state index in [1.54, 1.807) is 6.92 Å². The van der Waals surface area contributed by atoms with Gasteiger partial charge in [-0.05, 0) is 44.6 Å². The second kappa shape index (κ2) is 5.31. The van der Waals surface area contributed by atoms with Gasteiger partial charge in [0, 0.05) is 6.04 Å². The van der Waals surface area contributed by atoms with Gasteiger partial charge in [-0.25, -0.2) is 0 Å². The second-order valence-corrected chi connectivity index (χ2v) is 5.86. The highest BCUT2D eigenvalue weighted by molar-refractivity contribution is 5.83. The van der Waals surface area contributed by atoms with Crippen molar-refractivity contribution < 1.29 is 18.0 Å². The fraction of sp³-hybridized carbons (Fsp3) is 0.923. The maximum atomic E-state index is 12.7. The summed E-state index contributed by atoms with van der Waals surface area (Å²) in [5.41, 5.74) is 0. The van der Waals surface area contributed by atoms with Gasteiger partial charge in [0.1, 0.15) is 6.54 Å². The van der Waals surface area contributed by atoms with Gasteiger partial charge in [-0.1, -0.05) is 6.92 Å². The van der Waals surface area contributed by atoms with Crippen LogP contribution in [0.5, 0.6) is 0 Å². The number of carbonyl (C=O) groups is 1. The molecule has 1 saturated heterocycles. The van der Waals surface area contributed by atoms with E-state index in [-0.39, 0.29) is 23.8 Å². The summed E-state index contributed by atoms with van der Waals surface area (Å²) in [4.78, 5) is 13.4. The van der Waals surface area contributed by atoms with Crippen molar-refractivity contribution in [2.45, 2.75) is 51.4 Å². The van der Waals surface area contributed by atoms with Crippen LogP contribution in [0.4, 0.5) is 13.2 Å². The molecular weight excluding hydrogens is 257 g/mol. The first-order chi connectivity index (χ1) is 8.79. The van der Waals surface area contributed by atoms with Crippen LogP contribution >= 0.6 is 0 Å². The molecule has 1 N–H and O–H groups in total. The van der Waals surface area contributed by atoms with Gasteiger partial charge in [-0.3, -0.25) is 4.79 Å². The van der Waals surface area contributed by atoms with Crippen molar-refractivity contribution in [3.8, 4) is 0 Å². The molecule has 1 aliphatic carbocycles. The number of halogens is 3. The van der Waals surface area contributed by atoms with Gasteiger partial charge in [0.2, 0.25) is 5.91 Å². The third kappa shape index (κ3) is 3.61. The summed E-state index contributed by atoms with van der Waals surface area (Å²) >= 11 is 0. The van der Waals surface area contributed by atoms with Crippen LogP contribution in [0.2, 0.25) is 0 Å². The van der Waals surface area contributed by atoms with Gasteiger partial charge < -0.3 is 10.2 Å². The first-order valence-corrected chi connectivity index (χ1v) is 6.90. The molecule has 6 heteroatoms. The lowest BCUT2D eigenvalue weighted by molar-refractivity contribution is -0.167. The van der Waals surface area contributed by atoms with Crippen molar-refractivity contribution in [2.24, 2.45) is 11.8 Å². The molecule has 1 aliphatic heterocycles. The van der Waals surface area contributed by atoms with Crippen molar-refractivity contribution in [2.75, 3.05) is 13.1 Å². The average Bonchev–Trinajstić information content (AvgIpc) is 3.06. The molecule has 0 aromatic heterocycles. The standard InChI is InChI=1S/C13H21F3N2O/c1-8-5-6-17-11(8)12(19)18(7-13(14,15)16)9(2)10-3-4-10/h8-11,17H,3-7H2,1-2H3. The van der Waals surface area contributed by atoms with Gasteiger partial charge in [0.05, 0.1) is 6.04 Å². The molecule has 0 aromatic carbocycles. The summed E-state index contributed by atoms with van der Waals surface area (Å²) in [6.45, 7) is 3.22. The molecule has 2 aliphatic rings. The van der Waals surface area contributed by atoms with Crippen molar-refractivity contribution in [1.29, 1.82) is 0 Å². The summed E-state index contributed by atoms with van der Waals surface area (Å²) in [7, 11) is 0. The lowest BCUT2D eigenvalue weighted by Gasteiger charge is -2.33. The van der Waals surface area contributed by atoms with E-state index in [1.807, 2.05) is 6.92 Å². The fourth-order valence-electron chi connectivity index (χ4n) is 2.79. The lowest BCUT2D eigenvalue weighted by Crippen LogP contribution is -2.53. The van der Waals surface area contributed by atoms with Crippen LogP contribution in [-0.4, -0.2) is 42.2 Å². The zero-order valence-electron chi connectivity index (χ0n) is 11.3. The molecule has 3 unspecified atom stereocenters. The Kier molecular flexibility index (Phi) is 4.08. The minimum absolute atomic E-state index is 0.106. The second-order valence-electron chi connectivity index (χ2n) is 5.86. The van der Waals surface area contributed by atoms with E-state index in [0.29, 0.717) is 6.54 Å². The molecule has 0 aromatic rings. The summed E-state index contributed by atoms with van der Waals surface area (Å²) < 4.78 is 38.0. The zero-order chi connectivity index (χ0) is 14.2. The molecule has 0 radical (unpaired) electrons. The van der Waals surface area contributed by atoms with Crippen LogP contribution in [0.3, 0.4) is 0 Å². The lowest BCUT2D eigenvalue weighted by atomic mass is 10.0. The average molecular weight is 278 g/mol. The van der Waals surface area contributed by atoms with Crippen molar-refractivity contribution >= 4 is 5.91 Å². The van der Waals surface area contributed by atoms with E-state index >= 15 is 0 Å². The van der Waals surface area contributed by atoms with Crippen LogP contribution in [-0.2, 0) is 4.79 Å². The van der Waals surface area contributed by atoms with Gasteiger partial charge in [-0.2, -0.15) is 13.2 Å². The van der Waals surface area contributed by atoms with Crippen LogP contribution < -0.4 is 5.32 Å². The summed E-state index contributed by atoms with van der Waals surface area (Å²) in [5.74, 6) is -0.0422. The van der Waals surface area contributed by atoms with E-state index in [0.717, 1.165) is 24.2 Å². The Labute approximate surface area is 111 Å². The normalized spacial score (nSPS) is 29.3. The molecule has 110 valence electrons. The largest absolute Gasteiger partial charge is 0.406 e. The molecule has 2 fully saturated rings. The number of rotatable bonds is 4. The summed E-state index contributed by atoms with van der Waals surface area (Å²) in [6.07, 6.45) is -1.64. The minimum atomic E-state index is -4.33. The SMILES string of the molecule is CC1CCNC1C(=O)N(CC(F)(F)F)C(C)C1CC1. The van der Waals surface area contributed by atoms with Gasteiger partial charge in [0.25, 0.3) is 0 Å². The topological polar surface area (TPSA) is 32.3 Å². The Morgan fingerprint density at radius 1 is 1.37 bits per heavy atom. The molecule has 19 heavy (non-hydrogen) atoms. The Morgan fingerprint density at radius 2 is 2.00 bits per heavy atom. The van der Waals surface area contributed by atoms with E-state index < -0.39 is 18.8 Å². The Morgan fingerprint density at radius 3 is 2.42 bits per heavy atom. The van der Waals surface area contributed by atoms with Crippen LogP contribution in [0.25, 0.3) is 0 Å². The molecule has 2 rings (SSSR count). The number of hydrogen-bond acceptors (Lipinski definition) is 2. The highest BCUT2D eigenvalue weighted by Crippen LogP contribution is 2.36. The predicted molar refractivity (Wildman–Crippen MR) is 65.5 cm³/mol. The summed E-state index contributed by atoms with van der Waals surface area (Å²) in [5, 5.41) is 3.03. The molecule has 0 spiro atoms.